The molecule has 3 heteroatoms. The summed E-state index contributed by atoms with van der Waals surface area (Å²) in [7, 11) is 4.26. The van der Waals surface area contributed by atoms with Crippen molar-refractivity contribution in [1.82, 2.24) is 5.32 Å². The van der Waals surface area contributed by atoms with Crippen LogP contribution in [0.4, 0.5) is 11.4 Å². The molecule has 1 heterocycles. The smallest absolute Gasteiger partial charge is 0.0607 e. The topological polar surface area (TPSA) is 18.5 Å². The molecule has 1 N–H and O–H groups in total. The highest BCUT2D eigenvalue weighted by Gasteiger charge is 2.36. The molecular formula is C16H25N3. The van der Waals surface area contributed by atoms with E-state index in [9.17, 15) is 0 Å². The van der Waals surface area contributed by atoms with Crippen LogP contribution in [-0.2, 0) is 0 Å². The van der Waals surface area contributed by atoms with Crippen LogP contribution in [0.5, 0.6) is 0 Å². The maximum absolute atomic E-state index is 3.72. The minimum atomic E-state index is 0.566. The molecule has 0 bridgehead atoms. The summed E-state index contributed by atoms with van der Waals surface area (Å²) in [4.78, 5) is 4.81. The van der Waals surface area contributed by atoms with E-state index in [1.807, 2.05) is 0 Å². The average Bonchev–Trinajstić information content (AvgIpc) is 3.24. The molecule has 3 nitrogen and oxygen atoms in total. The van der Waals surface area contributed by atoms with E-state index in [0.29, 0.717) is 12.1 Å². The first-order valence-corrected chi connectivity index (χ1v) is 7.43. The molecule has 2 unspecified atom stereocenters. The molecule has 2 atom stereocenters. The normalized spacial score (nSPS) is 27.4. The van der Waals surface area contributed by atoms with Crippen LogP contribution in [0.3, 0.4) is 0 Å². The van der Waals surface area contributed by atoms with E-state index in [1.165, 1.54) is 24.2 Å². The van der Waals surface area contributed by atoms with Crippen molar-refractivity contribution in [3.63, 3.8) is 0 Å². The van der Waals surface area contributed by atoms with E-state index in [4.69, 9.17) is 0 Å². The number of nitrogens with one attached hydrogen (secondary N) is 1. The predicted molar refractivity (Wildman–Crippen MR) is 82.1 cm³/mol. The summed E-state index contributed by atoms with van der Waals surface area (Å²) in [5, 5.41) is 3.72. The van der Waals surface area contributed by atoms with Gasteiger partial charge in [0.05, 0.1) is 11.4 Å². The number of piperazine rings is 1. The zero-order valence-electron chi connectivity index (χ0n) is 12.3. The van der Waals surface area contributed by atoms with E-state index in [0.717, 1.165) is 19.0 Å². The Morgan fingerprint density at radius 2 is 1.95 bits per heavy atom. The van der Waals surface area contributed by atoms with Gasteiger partial charge in [-0.1, -0.05) is 12.1 Å². The highest BCUT2D eigenvalue weighted by atomic mass is 15.3. The predicted octanol–water partition coefficient (Wildman–Crippen LogP) is 2.33. The molecule has 3 rings (SSSR count). The molecule has 0 radical (unpaired) electrons. The van der Waals surface area contributed by atoms with Gasteiger partial charge in [0, 0.05) is 39.3 Å². The summed E-state index contributed by atoms with van der Waals surface area (Å²) < 4.78 is 0. The van der Waals surface area contributed by atoms with Crippen LogP contribution in [0.2, 0.25) is 0 Å². The lowest BCUT2D eigenvalue weighted by molar-refractivity contribution is 0.376. The molecule has 2 aliphatic rings. The fourth-order valence-corrected chi connectivity index (χ4v) is 3.12. The van der Waals surface area contributed by atoms with Crippen molar-refractivity contribution in [3.8, 4) is 0 Å². The molecule has 0 spiro atoms. The SMILES string of the molecule is CC1CNC(C2CC2)CN1c1ccccc1N(C)C. The van der Waals surface area contributed by atoms with Crippen LogP contribution in [-0.4, -0.2) is 39.3 Å². The molecule has 104 valence electrons. The Bertz CT molecular complexity index is 439. The van der Waals surface area contributed by atoms with Crippen molar-refractivity contribution in [2.75, 3.05) is 37.0 Å². The van der Waals surface area contributed by atoms with Crippen LogP contribution in [0.25, 0.3) is 0 Å². The summed E-state index contributed by atoms with van der Waals surface area (Å²) >= 11 is 0. The lowest BCUT2D eigenvalue weighted by Crippen LogP contribution is -2.56. The van der Waals surface area contributed by atoms with Gasteiger partial charge in [-0.2, -0.15) is 0 Å². The zero-order valence-corrected chi connectivity index (χ0v) is 12.3. The number of anilines is 2. The van der Waals surface area contributed by atoms with Gasteiger partial charge in [-0.15, -0.1) is 0 Å². The molecule has 1 saturated heterocycles. The molecule has 1 aliphatic carbocycles. The molecule has 0 amide bonds. The van der Waals surface area contributed by atoms with E-state index in [1.54, 1.807) is 0 Å². The van der Waals surface area contributed by atoms with Crippen molar-refractivity contribution in [2.24, 2.45) is 5.92 Å². The van der Waals surface area contributed by atoms with Crippen LogP contribution in [0.1, 0.15) is 19.8 Å². The van der Waals surface area contributed by atoms with Crippen LogP contribution in [0, 0.1) is 5.92 Å². The summed E-state index contributed by atoms with van der Waals surface area (Å²) in [5.74, 6) is 0.918. The van der Waals surface area contributed by atoms with Gasteiger partial charge in [-0.05, 0) is 37.8 Å². The van der Waals surface area contributed by atoms with Gasteiger partial charge in [-0.3, -0.25) is 0 Å². The molecule has 1 aliphatic heterocycles. The van der Waals surface area contributed by atoms with E-state index >= 15 is 0 Å². The van der Waals surface area contributed by atoms with Gasteiger partial charge in [0.15, 0.2) is 0 Å². The number of rotatable bonds is 3. The van der Waals surface area contributed by atoms with E-state index in [-0.39, 0.29) is 0 Å². The van der Waals surface area contributed by atoms with Crippen molar-refractivity contribution >= 4 is 11.4 Å². The minimum absolute atomic E-state index is 0.566. The van der Waals surface area contributed by atoms with Crippen LogP contribution < -0.4 is 15.1 Å². The molecule has 1 aromatic rings. The van der Waals surface area contributed by atoms with E-state index in [2.05, 4.69) is 60.4 Å². The molecule has 1 saturated carbocycles. The Labute approximate surface area is 116 Å². The second kappa shape index (κ2) is 5.04. The second-order valence-electron chi connectivity index (χ2n) is 6.24. The highest BCUT2D eigenvalue weighted by molar-refractivity contribution is 5.71. The van der Waals surface area contributed by atoms with Crippen molar-refractivity contribution in [2.45, 2.75) is 31.8 Å². The van der Waals surface area contributed by atoms with Gasteiger partial charge >= 0.3 is 0 Å². The maximum atomic E-state index is 3.72. The standard InChI is InChI=1S/C16H25N3/c1-12-10-17-14(13-8-9-13)11-19(12)16-7-5-4-6-15(16)18(2)3/h4-7,12-14,17H,8-11H2,1-3H3. The first kappa shape index (κ1) is 12.8. The first-order chi connectivity index (χ1) is 9.16. The number of hydrogen-bond acceptors (Lipinski definition) is 3. The van der Waals surface area contributed by atoms with Crippen molar-refractivity contribution in [1.29, 1.82) is 0 Å². The summed E-state index contributed by atoms with van der Waals surface area (Å²) in [6.45, 7) is 4.57. The highest BCUT2D eigenvalue weighted by Crippen LogP contribution is 2.37. The third-order valence-electron chi connectivity index (χ3n) is 4.46. The third kappa shape index (κ3) is 2.57. The van der Waals surface area contributed by atoms with Gasteiger partial charge in [0.2, 0.25) is 0 Å². The number of hydrogen-bond donors (Lipinski definition) is 1. The summed E-state index contributed by atoms with van der Waals surface area (Å²) in [6, 6.07) is 10.0. The summed E-state index contributed by atoms with van der Waals surface area (Å²) in [6.07, 6.45) is 2.82. The lowest BCUT2D eigenvalue weighted by Gasteiger charge is -2.42. The molecule has 0 aromatic heterocycles. The minimum Gasteiger partial charge on any atom is -0.376 e. The largest absolute Gasteiger partial charge is 0.376 e. The van der Waals surface area contributed by atoms with Gasteiger partial charge in [0.25, 0.3) is 0 Å². The monoisotopic (exact) mass is 259 g/mol. The summed E-state index contributed by atoms with van der Waals surface area (Å²) in [5.41, 5.74) is 2.71. The quantitative estimate of drug-likeness (QED) is 0.899. The Balaban J connectivity index is 1.86. The van der Waals surface area contributed by atoms with Crippen molar-refractivity contribution < 1.29 is 0 Å². The first-order valence-electron chi connectivity index (χ1n) is 7.43. The number of benzene rings is 1. The molecule has 19 heavy (non-hydrogen) atoms. The molecule has 1 aromatic carbocycles. The number of para-hydroxylation sites is 2. The van der Waals surface area contributed by atoms with Crippen molar-refractivity contribution in [3.05, 3.63) is 24.3 Å². The fraction of sp³-hybridized carbons (Fsp3) is 0.625. The Kier molecular flexibility index (Phi) is 3.40. The maximum Gasteiger partial charge on any atom is 0.0607 e. The van der Waals surface area contributed by atoms with Gasteiger partial charge in [0.1, 0.15) is 0 Å². The Morgan fingerprint density at radius 3 is 2.63 bits per heavy atom. The van der Waals surface area contributed by atoms with Gasteiger partial charge < -0.3 is 15.1 Å². The third-order valence-corrected chi connectivity index (χ3v) is 4.46. The fourth-order valence-electron chi connectivity index (χ4n) is 3.12. The van der Waals surface area contributed by atoms with Crippen LogP contribution in [0.15, 0.2) is 24.3 Å². The second-order valence-corrected chi connectivity index (χ2v) is 6.24. The van der Waals surface area contributed by atoms with Crippen LogP contribution >= 0.6 is 0 Å². The zero-order chi connectivity index (χ0) is 13.4. The average molecular weight is 259 g/mol. The van der Waals surface area contributed by atoms with E-state index < -0.39 is 0 Å². The Morgan fingerprint density at radius 1 is 1.21 bits per heavy atom. The lowest BCUT2D eigenvalue weighted by atomic mass is 10.0. The van der Waals surface area contributed by atoms with Gasteiger partial charge in [-0.25, -0.2) is 0 Å². The molecule has 2 fully saturated rings. The Hall–Kier alpha value is -1.22. The number of nitrogens with zero attached hydrogens (tertiary/aromatic N) is 2. The molecular weight excluding hydrogens is 234 g/mol.